The Morgan fingerprint density at radius 3 is 1.21 bits per heavy atom. The molecular formula is C7H19O6P. The van der Waals surface area contributed by atoms with Gasteiger partial charge in [0.1, 0.15) is 0 Å². The van der Waals surface area contributed by atoms with Gasteiger partial charge in [0.25, 0.3) is 0 Å². The molecule has 0 amide bonds. The molecule has 6 nitrogen and oxygen atoms in total. The third-order valence-corrected chi connectivity index (χ3v) is 1.92. The number of hydrogen-bond acceptors (Lipinski definition) is 6. The van der Waals surface area contributed by atoms with E-state index in [-0.39, 0.29) is 0 Å². The van der Waals surface area contributed by atoms with E-state index in [1.807, 2.05) is 0 Å². The highest BCUT2D eigenvalue weighted by Gasteiger charge is 2.31. The van der Waals surface area contributed by atoms with Crippen LogP contribution in [-0.4, -0.2) is 38.3 Å². The molecule has 0 aromatic carbocycles. The second kappa shape index (κ2) is 6.63. The maximum atomic E-state index is 9.10. The minimum atomic E-state index is -2.32. The third kappa shape index (κ3) is 10.3. The van der Waals surface area contributed by atoms with Gasteiger partial charge in [-0.15, -0.1) is 0 Å². The van der Waals surface area contributed by atoms with Gasteiger partial charge in [-0.3, -0.25) is 0 Å². The standard InChI is InChI=1S/C6H14O2.CH5O4P/c1-5(2,7)6(3,4)8;1-4-5-6(2)3/h7-8H,1-4H3;2-3H,1H3. The van der Waals surface area contributed by atoms with E-state index >= 15 is 0 Å². The van der Waals surface area contributed by atoms with Crippen molar-refractivity contribution < 1.29 is 29.6 Å². The Kier molecular flexibility index (Phi) is 7.87. The third-order valence-electron chi connectivity index (χ3n) is 1.64. The van der Waals surface area contributed by atoms with E-state index in [1.54, 1.807) is 27.7 Å². The first-order chi connectivity index (χ1) is 6.02. The molecule has 0 heterocycles. The van der Waals surface area contributed by atoms with Gasteiger partial charge in [-0.2, -0.15) is 4.67 Å². The van der Waals surface area contributed by atoms with E-state index in [0.29, 0.717) is 0 Å². The molecule has 0 saturated carbocycles. The molecule has 0 rings (SSSR count). The minimum absolute atomic E-state index is 1.01. The molecule has 0 radical (unpaired) electrons. The minimum Gasteiger partial charge on any atom is -0.387 e. The molecule has 0 aliphatic rings. The van der Waals surface area contributed by atoms with Crippen molar-refractivity contribution in [1.82, 2.24) is 0 Å². The van der Waals surface area contributed by atoms with Crippen LogP contribution in [0, 0.1) is 0 Å². The summed E-state index contributed by atoms with van der Waals surface area (Å²) < 4.78 is 3.72. The maximum absolute atomic E-state index is 9.10. The van der Waals surface area contributed by atoms with Gasteiger partial charge < -0.3 is 20.0 Å². The number of hydrogen-bond donors (Lipinski definition) is 4. The molecule has 0 spiro atoms. The van der Waals surface area contributed by atoms with Gasteiger partial charge in [-0.25, -0.2) is 4.89 Å². The summed E-state index contributed by atoms with van der Waals surface area (Å²) in [4.78, 5) is 19.5. The zero-order valence-electron chi connectivity index (χ0n) is 9.05. The topological polar surface area (TPSA) is 99.4 Å². The van der Waals surface area contributed by atoms with Crippen LogP contribution < -0.4 is 0 Å². The lowest BCUT2D eigenvalue weighted by molar-refractivity contribution is -0.185. The molecule has 0 aromatic heterocycles. The van der Waals surface area contributed by atoms with E-state index < -0.39 is 19.8 Å². The summed E-state index contributed by atoms with van der Waals surface area (Å²) in [7, 11) is -1.13. The van der Waals surface area contributed by atoms with Crippen molar-refractivity contribution in [3.05, 3.63) is 0 Å². The predicted octanol–water partition coefficient (Wildman–Crippen LogP) is 0.304. The van der Waals surface area contributed by atoms with E-state index in [1.165, 1.54) is 7.11 Å². The highest BCUT2D eigenvalue weighted by molar-refractivity contribution is 7.39. The second-order valence-corrected chi connectivity index (χ2v) is 4.27. The van der Waals surface area contributed by atoms with Crippen molar-refractivity contribution in [2.75, 3.05) is 7.11 Å². The average Bonchev–Trinajstić information content (AvgIpc) is 1.82. The van der Waals surface area contributed by atoms with Crippen LogP contribution in [-0.2, 0) is 9.56 Å². The van der Waals surface area contributed by atoms with Crippen LogP contribution in [0.4, 0.5) is 0 Å². The zero-order chi connectivity index (χ0) is 12.0. The van der Waals surface area contributed by atoms with Gasteiger partial charge in [0.2, 0.25) is 0 Å². The Balaban J connectivity index is 0. The summed E-state index contributed by atoms with van der Waals surface area (Å²) in [5, 5.41) is 18.2. The first-order valence-electron chi connectivity index (χ1n) is 3.85. The molecule has 0 bridgehead atoms. The Bertz CT molecular complexity index is 124. The Labute approximate surface area is 85.0 Å². The summed E-state index contributed by atoms with van der Waals surface area (Å²) in [5.74, 6) is 0. The molecule has 0 fully saturated rings. The summed E-state index contributed by atoms with van der Waals surface area (Å²) in [6.07, 6.45) is 0. The molecule has 0 saturated heterocycles. The van der Waals surface area contributed by atoms with Crippen LogP contribution in [0.1, 0.15) is 27.7 Å². The van der Waals surface area contributed by atoms with Crippen molar-refractivity contribution in [2.24, 2.45) is 0 Å². The smallest absolute Gasteiger partial charge is 0.357 e. The largest absolute Gasteiger partial charge is 0.387 e. The van der Waals surface area contributed by atoms with Crippen LogP contribution in [0.5, 0.6) is 0 Å². The summed E-state index contributed by atoms with van der Waals surface area (Å²) >= 11 is 0. The van der Waals surface area contributed by atoms with E-state index in [4.69, 9.17) is 20.0 Å². The highest BCUT2D eigenvalue weighted by atomic mass is 31.2. The van der Waals surface area contributed by atoms with E-state index in [0.717, 1.165) is 0 Å². The van der Waals surface area contributed by atoms with Gasteiger partial charge in [-0.1, -0.05) is 0 Å². The lowest BCUT2D eigenvalue weighted by Crippen LogP contribution is -2.44. The molecule has 0 aliphatic carbocycles. The van der Waals surface area contributed by atoms with Gasteiger partial charge in [0.05, 0.1) is 18.3 Å². The van der Waals surface area contributed by atoms with Crippen LogP contribution in [0.3, 0.4) is 0 Å². The Morgan fingerprint density at radius 1 is 0.929 bits per heavy atom. The SMILES string of the molecule is CC(C)(O)C(C)(C)O.COOP(O)O. The molecule has 0 aliphatic heterocycles. The first kappa shape index (κ1) is 16.6. The van der Waals surface area contributed by atoms with Crippen molar-refractivity contribution in [2.45, 2.75) is 38.9 Å². The molecule has 0 aromatic rings. The molecule has 88 valence electrons. The zero-order valence-corrected chi connectivity index (χ0v) is 9.95. The van der Waals surface area contributed by atoms with Crippen molar-refractivity contribution in [3.8, 4) is 0 Å². The fourth-order valence-electron chi connectivity index (χ4n) is 0.0667. The van der Waals surface area contributed by atoms with Crippen molar-refractivity contribution in [3.63, 3.8) is 0 Å². The molecular weight excluding hydrogens is 211 g/mol. The van der Waals surface area contributed by atoms with Crippen LogP contribution in [0.2, 0.25) is 0 Å². The molecule has 7 heteroatoms. The normalized spacial score (nSPS) is 12.4. The van der Waals surface area contributed by atoms with Crippen molar-refractivity contribution in [1.29, 1.82) is 0 Å². The van der Waals surface area contributed by atoms with Crippen LogP contribution in [0.15, 0.2) is 0 Å². The summed E-state index contributed by atoms with van der Waals surface area (Å²) in [5.41, 5.74) is -2.01. The predicted molar refractivity (Wildman–Crippen MR) is 52.0 cm³/mol. The van der Waals surface area contributed by atoms with Gasteiger partial charge >= 0.3 is 8.60 Å². The molecule has 0 atom stereocenters. The van der Waals surface area contributed by atoms with Gasteiger partial charge in [0.15, 0.2) is 0 Å². The van der Waals surface area contributed by atoms with Gasteiger partial charge in [-0.05, 0) is 27.7 Å². The monoisotopic (exact) mass is 230 g/mol. The van der Waals surface area contributed by atoms with Crippen LogP contribution >= 0.6 is 8.60 Å². The highest BCUT2D eigenvalue weighted by Crippen LogP contribution is 2.23. The number of aliphatic hydroxyl groups is 2. The van der Waals surface area contributed by atoms with Crippen molar-refractivity contribution >= 4 is 8.60 Å². The Hall–Kier alpha value is 0.190. The quantitative estimate of drug-likeness (QED) is 0.316. The fraction of sp³-hybridized carbons (Fsp3) is 1.00. The van der Waals surface area contributed by atoms with Gasteiger partial charge in [0, 0.05) is 0 Å². The average molecular weight is 230 g/mol. The number of rotatable bonds is 3. The maximum Gasteiger partial charge on any atom is 0.357 e. The molecule has 0 unspecified atom stereocenters. The lowest BCUT2D eigenvalue weighted by atomic mass is 9.90. The first-order valence-corrected chi connectivity index (χ1v) is 5.02. The van der Waals surface area contributed by atoms with Crippen LogP contribution in [0.25, 0.3) is 0 Å². The molecule has 4 N–H and O–H groups in total. The fourth-order valence-corrected chi connectivity index (χ4v) is 0.200. The van der Waals surface area contributed by atoms with E-state index in [2.05, 4.69) is 9.56 Å². The second-order valence-electron chi connectivity index (χ2n) is 3.61. The summed E-state index contributed by atoms with van der Waals surface area (Å²) in [6.45, 7) is 6.31. The van der Waals surface area contributed by atoms with E-state index in [9.17, 15) is 0 Å². The summed E-state index contributed by atoms with van der Waals surface area (Å²) in [6, 6.07) is 0. The molecule has 14 heavy (non-hydrogen) atoms. The Morgan fingerprint density at radius 2 is 1.21 bits per heavy atom. The lowest BCUT2D eigenvalue weighted by Gasteiger charge is -2.31.